The first-order valence-corrected chi connectivity index (χ1v) is 6.39. The third kappa shape index (κ3) is 2.77. The van der Waals surface area contributed by atoms with Crippen molar-refractivity contribution in [2.75, 3.05) is 7.05 Å². The monoisotopic (exact) mass is 249 g/mol. The zero-order chi connectivity index (χ0) is 12.3. The van der Waals surface area contributed by atoms with Crippen LogP contribution in [0, 0.1) is 0 Å². The molecule has 0 saturated carbocycles. The molecule has 3 nitrogen and oxygen atoms in total. The molecule has 0 fully saturated rings. The van der Waals surface area contributed by atoms with Crippen molar-refractivity contribution in [2.24, 2.45) is 0 Å². The van der Waals surface area contributed by atoms with Crippen molar-refractivity contribution in [2.45, 2.75) is 19.9 Å². The summed E-state index contributed by atoms with van der Waals surface area (Å²) in [5.74, 6) is 0.847. The van der Waals surface area contributed by atoms with Crippen molar-refractivity contribution in [3.05, 3.63) is 46.0 Å². The van der Waals surface area contributed by atoms with Crippen molar-refractivity contribution in [3.63, 3.8) is 0 Å². The van der Waals surface area contributed by atoms with Crippen LogP contribution in [0.3, 0.4) is 0 Å². The zero-order valence-corrected chi connectivity index (χ0v) is 10.8. The minimum absolute atomic E-state index is 0.0473. The van der Waals surface area contributed by atoms with E-state index in [1.165, 1.54) is 4.88 Å². The molecule has 0 aliphatic heterocycles. The van der Waals surface area contributed by atoms with Crippen LogP contribution in [0.2, 0.25) is 0 Å². The van der Waals surface area contributed by atoms with Crippen LogP contribution in [0.1, 0.15) is 27.2 Å². The quantitative estimate of drug-likeness (QED) is 0.834. The van der Waals surface area contributed by atoms with Gasteiger partial charge in [0.05, 0.1) is 17.7 Å². The fourth-order valence-electron chi connectivity index (χ4n) is 1.58. The van der Waals surface area contributed by atoms with Crippen LogP contribution in [-0.4, -0.2) is 17.9 Å². The summed E-state index contributed by atoms with van der Waals surface area (Å²) in [6.07, 6.45) is 2.59. The molecule has 4 heteroatoms. The van der Waals surface area contributed by atoms with Gasteiger partial charge < -0.3 is 9.32 Å². The van der Waals surface area contributed by atoms with Gasteiger partial charge in [-0.3, -0.25) is 4.79 Å². The average molecular weight is 249 g/mol. The third-order valence-corrected chi connectivity index (χ3v) is 3.76. The number of furan rings is 1. The second kappa shape index (κ2) is 5.19. The Morgan fingerprint density at radius 1 is 1.41 bits per heavy atom. The summed E-state index contributed by atoms with van der Waals surface area (Å²) in [5.41, 5.74) is 0. The maximum atomic E-state index is 12.1. The number of hydrogen-bond acceptors (Lipinski definition) is 3. The number of nitrogens with zero attached hydrogens (tertiary/aromatic N) is 1. The van der Waals surface area contributed by atoms with E-state index in [1.807, 2.05) is 24.3 Å². The topological polar surface area (TPSA) is 33.5 Å². The second-order valence-corrected chi connectivity index (χ2v) is 5.03. The largest absolute Gasteiger partial charge is 0.467 e. The predicted molar refractivity (Wildman–Crippen MR) is 68.2 cm³/mol. The van der Waals surface area contributed by atoms with Crippen molar-refractivity contribution in [1.82, 2.24) is 4.90 Å². The second-order valence-electron chi connectivity index (χ2n) is 3.86. The fourth-order valence-corrected chi connectivity index (χ4v) is 2.52. The Balaban J connectivity index is 2.04. The van der Waals surface area contributed by atoms with E-state index in [-0.39, 0.29) is 5.91 Å². The highest BCUT2D eigenvalue weighted by Gasteiger charge is 2.14. The normalized spacial score (nSPS) is 10.5. The molecule has 0 saturated heterocycles. The van der Waals surface area contributed by atoms with Crippen molar-refractivity contribution < 1.29 is 9.21 Å². The Morgan fingerprint density at radius 2 is 2.24 bits per heavy atom. The van der Waals surface area contributed by atoms with Crippen LogP contribution in [0.5, 0.6) is 0 Å². The molecule has 0 aromatic carbocycles. The standard InChI is InChI=1S/C13H15NO2S/c1-3-11-6-7-12(17-11)13(15)14(2)9-10-5-4-8-16-10/h4-8H,3,9H2,1-2H3. The van der Waals surface area contributed by atoms with Gasteiger partial charge in [-0.05, 0) is 30.7 Å². The van der Waals surface area contributed by atoms with Gasteiger partial charge in [0.1, 0.15) is 5.76 Å². The first kappa shape index (κ1) is 11.9. The molecule has 0 N–H and O–H groups in total. The highest BCUT2D eigenvalue weighted by Crippen LogP contribution is 2.19. The Labute approximate surface area is 105 Å². The van der Waals surface area contributed by atoms with Gasteiger partial charge in [-0.1, -0.05) is 6.92 Å². The summed E-state index contributed by atoms with van der Waals surface area (Å²) in [6.45, 7) is 2.60. The molecule has 0 aliphatic rings. The van der Waals surface area contributed by atoms with Gasteiger partial charge >= 0.3 is 0 Å². The number of hydrogen-bond donors (Lipinski definition) is 0. The highest BCUT2D eigenvalue weighted by atomic mass is 32.1. The molecule has 2 rings (SSSR count). The fraction of sp³-hybridized carbons (Fsp3) is 0.308. The van der Waals surface area contributed by atoms with Crippen LogP contribution in [0.25, 0.3) is 0 Å². The molecule has 0 aliphatic carbocycles. The number of carbonyl (C=O) groups is 1. The van der Waals surface area contributed by atoms with Gasteiger partial charge in [-0.25, -0.2) is 0 Å². The molecule has 0 spiro atoms. The van der Waals surface area contributed by atoms with Crippen molar-refractivity contribution >= 4 is 17.2 Å². The van der Waals surface area contributed by atoms with E-state index >= 15 is 0 Å². The molecule has 17 heavy (non-hydrogen) atoms. The number of amides is 1. The number of carbonyl (C=O) groups excluding carboxylic acids is 1. The summed E-state index contributed by atoms with van der Waals surface area (Å²) in [5, 5.41) is 0. The van der Waals surface area contributed by atoms with Crippen LogP contribution in [0.15, 0.2) is 34.9 Å². The molecule has 2 aromatic heterocycles. The molecule has 90 valence electrons. The lowest BCUT2D eigenvalue weighted by Gasteiger charge is -2.14. The number of thiophene rings is 1. The Bertz CT molecular complexity index is 487. The minimum atomic E-state index is 0.0473. The molecule has 0 bridgehead atoms. The maximum absolute atomic E-state index is 12.1. The Kier molecular flexibility index (Phi) is 3.64. The lowest BCUT2D eigenvalue weighted by Crippen LogP contribution is -2.25. The van der Waals surface area contributed by atoms with E-state index in [4.69, 9.17) is 4.42 Å². The minimum Gasteiger partial charge on any atom is -0.467 e. The highest BCUT2D eigenvalue weighted by molar-refractivity contribution is 7.14. The summed E-state index contributed by atoms with van der Waals surface area (Å²) in [7, 11) is 1.79. The first-order chi connectivity index (χ1) is 8.20. The number of rotatable bonds is 4. The van der Waals surface area contributed by atoms with Crippen LogP contribution < -0.4 is 0 Å². The Hall–Kier alpha value is -1.55. The van der Waals surface area contributed by atoms with E-state index in [0.717, 1.165) is 17.1 Å². The summed E-state index contributed by atoms with van der Waals surface area (Å²) >= 11 is 1.56. The van der Waals surface area contributed by atoms with Crippen molar-refractivity contribution in [3.8, 4) is 0 Å². The van der Waals surface area contributed by atoms with E-state index in [2.05, 4.69) is 6.92 Å². The van der Waals surface area contributed by atoms with Crippen molar-refractivity contribution in [1.29, 1.82) is 0 Å². The van der Waals surface area contributed by atoms with Gasteiger partial charge in [0, 0.05) is 11.9 Å². The third-order valence-electron chi connectivity index (χ3n) is 2.54. The van der Waals surface area contributed by atoms with Gasteiger partial charge in [-0.15, -0.1) is 11.3 Å². The van der Waals surface area contributed by atoms with Crippen LogP contribution in [0.4, 0.5) is 0 Å². The lowest BCUT2D eigenvalue weighted by atomic mass is 10.3. The van der Waals surface area contributed by atoms with Gasteiger partial charge in [0.2, 0.25) is 0 Å². The molecule has 0 atom stereocenters. The maximum Gasteiger partial charge on any atom is 0.264 e. The summed E-state index contributed by atoms with van der Waals surface area (Å²) in [6, 6.07) is 7.60. The number of aryl methyl sites for hydroxylation is 1. The molecule has 0 radical (unpaired) electrons. The average Bonchev–Trinajstić information content (AvgIpc) is 2.98. The van der Waals surface area contributed by atoms with E-state index in [0.29, 0.717) is 6.54 Å². The van der Waals surface area contributed by atoms with E-state index in [1.54, 1.807) is 29.5 Å². The molecule has 2 aromatic rings. The lowest BCUT2D eigenvalue weighted by molar-refractivity contribution is 0.0780. The van der Waals surface area contributed by atoms with Gasteiger partial charge in [0.25, 0.3) is 5.91 Å². The van der Waals surface area contributed by atoms with Crippen LogP contribution >= 0.6 is 11.3 Å². The summed E-state index contributed by atoms with van der Waals surface area (Å²) < 4.78 is 5.23. The first-order valence-electron chi connectivity index (χ1n) is 5.57. The predicted octanol–water partition coefficient (Wildman–Crippen LogP) is 3.18. The van der Waals surface area contributed by atoms with Gasteiger partial charge in [-0.2, -0.15) is 0 Å². The zero-order valence-electron chi connectivity index (χ0n) is 9.97. The molecule has 0 unspecified atom stereocenters. The van der Waals surface area contributed by atoms with Crippen LogP contribution in [-0.2, 0) is 13.0 Å². The smallest absolute Gasteiger partial charge is 0.264 e. The molecular weight excluding hydrogens is 234 g/mol. The Morgan fingerprint density at radius 3 is 2.82 bits per heavy atom. The van der Waals surface area contributed by atoms with E-state index in [9.17, 15) is 4.79 Å². The summed E-state index contributed by atoms with van der Waals surface area (Å²) in [4.78, 5) is 15.8. The molecule has 1 amide bonds. The van der Waals surface area contributed by atoms with E-state index < -0.39 is 0 Å². The molecular formula is C13H15NO2S. The van der Waals surface area contributed by atoms with Gasteiger partial charge in [0.15, 0.2) is 0 Å². The SMILES string of the molecule is CCc1ccc(C(=O)N(C)Cc2ccco2)s1. The molecule has 2 heterocycles.